The third kappa shape index (κ3) is 3.24. The van der Waals surface area contributed by atoms with Crippen LogP contribution in [0.1, 0.15) is 45.8 Å². The van der Waals surface area contributed by atoms with Gasteiger partial charge in [-0.15, -0.1) is 0 Å². The van der Waals surface area contributed by atoms with Gasteiger partial charge in [0.25, 0.3) is 5.91 Å². The Morgan fingerprint density at radius 2 is 2.04 bits per heavy atom. The van der Waals surface area contributed by atoms with Crippen LogP contribution in [0.25, 0.3) is 0 Å². The lowest BCUT2D eigenvalue weighted by atomic mass is 9.93. The van der Waals surface area contributed by atoms with E-state index in [0.29, 0.717) is 25.2 Å². The topological polar surface area (TPSA) is 66.7 Å². The van der Waals surface area contributed by atoms with E-state index >= 15 is 0 Å². The van der Waals surface area contributed by atoms with Crippen molar-refractivity contribution in [3.8, 4) is 0 Å². The summed E-state index contributed by atoms with van der Waals surface area (Å²) in [5.74, 6) is 0.791. The van der Waals surface area contributed by atoms with Gasteiger partial charge >= 0.3 is 0 Å². The molecule has 142 valence electrons. The van der Waals surface area contributed by atoms with Gasteiger partial charge in [0.2, 0.25) is 5.91 Å². The molecule has 2 unspecified atom stereocenters. The number of hydrogen-bond donors (Lipinski definition) is 0. The Bertz CT molecular complexity index is 869. The highest BCUT2D eigenvalue weighted by atomic mass is 16.5. The molecule has 4 heterocycles. The molecule has 3 aliphatic rings. The Kier molecular flexibility index (Phi) is 4.50. The van der Waals surface area contributed by atoms with E-state index in [1.54, 1.807) is 0 Å². The van der Waals surface area contributed by atoms with Gasteiger partial charge in [-0.3, -0.25) is 9.59 Å². The lowest BCUT2D eigenvalue weighted by Crippen LogP contribution is -2.47. The molecule has 5 rings (SSSR count). The molecule has 2 amide bonds. The van der Waals surface area contributed by atoms with Gasteiger partial charge in [-0.25, -0.2) is 0 Å². The summed E-state index contributed by atoms with van der Waals surface area (Å²) < 4.78 is 5.26. The quantitative estimate of drug-likeness (QED) is 0.837. The number of piperidine rings is 1. The van der Waals surface area contributed by atoms with Crippen LogP contribution in [-0.4, -0.2) is 45.9 Å². The fourth-order valence-electron chi connectivity index (χ4n) is 4.27. The second-order valence-corrected chi connectivity index (χ2v) is 7.78. The normalized spacial score (nSPS) is 22.3. The van der Waals surface area contributed by atoms with Gasteiger partial charge < -0.3 is 14.3 Å². The molecular weight excluding hydrogens is 342 g/mol. The first-order valence-corrected chi connectivity index (χ1v) is 9.52. The van der Waals surface area contributed by atoms with E-state index in [-0.39, 0.29) is 23.8 Å². The summed E-state index contributed by atoms with van der Waals surface area (Å²) in [4.78, 5) is 29.9. The van der Waals surface area contributed by atoms with Crippen LogP contribution in [0.2, 0.25) is 0 Å². The van der Waals surface area contributed by atoms with Gasteiger partial charge in [-0.1, -0.05) is 22.9 Å². The number of aryl methyl sites for hydroxylation is 3. The van der Waals surface area contributed by atoms with Crippen molar-refractivity contribution in [2.75, 3.05) is 13.1 Å². The second kappa shape index (κ2) is 6.83. The van der Waals surface area contributed by atoms with Crippen LogP contribution in [0.3, 0.4) is 0 Å². The number of rotatable bonds is 3. The molecule has 3 aliphatic heterocycles. The first-order chi connectivity index (χ1) is 12.9. The van der Waals surface area contributed by atoms with Gasteiger partial charge in [-0.05, 0) is 45.7 Å². The van der Waals surface area contributed by atoms with Gasteiger partial charge in [0.1, 0.15) is 5.76 Å². The third-order valence-corrected chi connectivity index (χ3v) is 5.86. The Hall–Kier alpha value is -2.63. The molecule has 0 N–H and O–H groups in total. The molecular formula is C21H25N3O3. The number of benzene rings is 1. The van der Waals surface area contributed by atoms with Crippen molar-refractivity contribution in [1.82, 2.24) is 15.0 Å². The second-order valence-electron chi connectivity index (χ2n) is 7.78. The summed E-state index contributed by atoms with van der Waals surface area (Å²) in [6.07, 6.45) is 1.77. The molecule has 2 bridgehead atoms. The van der Waals surface area contributed by atoms with E-state index in [9.17, 15) is 9.59 Å². The Labute approximate surface area is 159 Å². The molecule has 6 heteroatoms. The van der Waals surface area contributed by atoms with Gasteiger partial charge in [0, 0.05) is 30.3 Å². The van der Waals surface area contributed by atoms with Gasteiger partial charge in [-0.2, -0.15) is 0 Å². The number of nitrogens with zero attached hydrogens (tertiary/aromatic N) is 3. The Morgan fingerprint density at radius 3 is 2.74 bits per heavy atom. The summed E-state index contributed by atoms with van der Waals surface area (Å²) in [5.41, 5.74) is 3.57. The highest BCUT2D eigenvalue weighted by Crippen LogP contribution is 2.32. The summed E-state index contributed by atoms with van der Waals surface area (Å²) in [6.45, 7) is 7.35. The SMILES string of the molecule is Cc1cccc(C(=O)N2CC3CCC(C2)N(Cc2c(C)noc2C)C3=O)c1. The zero-order valence-electron chi connectivity index (χ0n) is 16.1. The fourth-order valence-corrected chi connectivity index (χ4v) is 4.27. The Morgan fingerprint density at radius 1 is 1.22 bits per heavy atom. The molecule has 27 heavy (non-hydrogen) atoms. The summed E-state index contributed by atoms with van der Waals surface area (Å²) >= 11 is 0. The summed E-state index contributed by atoms with van der Waals surface area (Å²) in [5, 5.41) is 4.01. The lowest BCUT2D eigenvalue weighted by Gasteiger charge is -2.35. The van der Waals surface area contributed by atoms with E-state index in [1.165, 1.54) is 0 Å². The van der Waals surface area contributed by atoms with Gasteiger partial charge in [0.05, 0.1) is 18.2 Å². The molecule has 3 saturated heterocycles. The number of carbonyl (C=O) groups is 2. The van der Waals surface area contributed by atoms with E-state index in [1.807, 2.05) is 54.8 Å². The average molecular weight is 367 g/mol. The molecule has 2 aromatic rings. The minimum Gasteiger partial charge on any atom is -0.361 e. The van der Waals surface area contributed by atoms with Crippen molar-refractivity contribution in [2.45, 2.75) is 46.2 Å². The van der Waals surface area contributed by atoms with E-state index < -0.39 is 0 Å². The lowest BCUT2D eigenvalue weighted by molar-refractivity contribution is -0.140. The van der Waals surface area contributed by atoms with Crippen molar-refractivity contribution in [3.05, 3.63) is 52.4 Å². The minimum atomic E-state index is -0.127. The van der Waals surface area contributed by atoms with Crippen LogP contribution >= 0.6 is 0 Å². The number of amides is 2. The standard InChI is InChI=1S/C21H25N3O3/c1-13-5-4-6-16(9-13)20(25)23-10-17-7-8-18(11-23)24(21(17)26)12-19-14(2)22-27-15(19)3/h4-6,9,17-18H,7-8,10-12H2,1-3H3. The zero-order chi connectivity index (χ0) is 19.1. The van der Waals surface area contributed by atoms with E-state index in [4.69, 9.17) is 4.52 Å². The van der Waals surface area contributed by atoms with Crippen LogP contribution in [0, 0.1) is 26.7 Å². The van der Waals surface area contributed by atoms with Crippen molar-refractivity contribution < 1.29 is 14.1 Å². The molecule has 1 aromatic carbocycles. The number of aromatic nitrogens is 1. The maximum atomic E-state index is 13.1. The van der Waals surface area contributed by atoms with Crippen LogP contribution in [0.4, 0.5) is 0 Å². The van der Waals surface area contributed by atoms with Crippen molar-refractivity contribution in [3.63, 3.8) is 0 Å². The molecule has 3 fully saturated rings. The highest BCUT2D eigenvalue weighted by Gasteiger charge is 2.42. The van der Waals surface area contributed by atoms with Crippen LogP contribution < -0.4 is 0 Å². The molecule has 0 radical (unpaired) electrons. The predicted molar refractivity (Wildman–Crippen MR) is 100 cm³/mol. The maximum Gasteiger partial charge on any atom is 0.253 e. The first-order valence-electron chi connectivity index (χ1n) is 9.52. The maximum absolute atomic E-state index is 13.1. The molecule has 2 atom stereocenters. The zero-order valence-corrected chi connectivity index (χ0v) is 16.1. The highest BCUT2D eigenvalue weighted by molar-refractivity contribution is 5.95. The van der Waals surface area contributed by atoms with Crippen LogP contribution in [-0.2, 0) is 11.3 Å². The predicted octanol–water partition coefficient (Wildman–Crippen LogP) is 2.86. The molecule has 0 spiro atoms. The molecule has 6 nitrogen and oxygen atoms in total. The van der Waals surface area contributed by atoms with Crippen molar-refractivity contribution in [2.24, 2.45) is 5.92 Å². The number of carbonyl (C=O) groups excluding carboxylic acids is 2. The van der Waals surface area contributed by atoms with Gasteiger partial charge in [0.15, 0.2) is 0 Å². The largest absolute Gasteiger partial charge is 0.361 e. The molecule has 1 aromatic heterocycles. The fraction of sp³-hybridized carbons (Fsp3) is 0.476. The van der Waals surface area contributed by atoms with E-state index in [0.717, 1.165) is 35.4 Å². The summed E-state index contributed by atoms with van der Waals surface area (Å²) in [6, 6.07) is 7.70. The monoisotopic (exact) mass is 367 g/mol. The smallest absolute Gasteiger partial charge is 0.253 e. The third-order valence-electron chi connectivity index (χ3n) is 5.86. The van der Waals surface area contributed by atoms with Crippen LogP contribution in [0.15, 0.2) is 28.8 Å². The average Bonchev–Trinajstić information content (AvgIpc) is 2.82. The number of hydrogen-bond acceptors (Lipinski definition) is 4. The van der Waals surface area contributed by atoms with Crippen molar-refractivity contribution in [1.29, 1.82) is 0 Å². The minimum absolute atomic E-state index is 0.0163. The molecule has 0 aliphatic carbocycles. The van der Waals surface area contributed by atoms with Crippen LogP contribution in [0.5, 0.6) is 0 Å². The summed E-state index contributed by atoms with van der Waals surface area (Å²) in [7, 11) is 0. The number of fused-ring (bicyclic) bond motifs is 4. The van der Waals surface area contributed by atoms with Crippen molar-refractivity contribution >= 4 is 11.8 Å². The van der Waals surface area contributed by atoms with E-state index in [2.05, 4.69) is 5.16 Å². The first kappa shape index (κ1) is 17.8. The molecule has 0 saturated carbocycles. The Balaban J connectivity index is 1.58.